The van der Waals surface area contributed by atoms with Gasteiger partial charge in [0, 0.05) is 0 Å². The van der Waals surface area contributed by atoms with Gasteiger partial charge in [-0.3, -0.25) is 4.99 Å². The standard InChI is InChI=1S/C23H26N2O.ClH/c1-4-12-20(5-2)26-17-21-24-22(18-13-8-6-9-14-18)23(3,25-21)19-15-10-7-11-16-19;/h2,6-11,13-16,20,22H,4,12,17H2,1,3H3,(H,24,25);1H/t20?,22-,23+;/m1./s1. The highest BCUT2D eigenvalue weighted by Gasteiger charge is 2.42. The van der Waals surface area contributed by atoms with Crippen LogP contribution in [-0.2, 0) is 10.3 Å². The summed E-state index contributed by atoms with van der Waals surface area (Å²) in [6.45, 7) is 4.71. The zero-order valence-electron chi connectivity index (χ0n) is 15.9. The maximum absolute atomic E-state index is 5.90. The van der Waals surface area contributed by atoms with Crippen molar-refractivity contribution in [2.45, 2.75) is 44.4 Å². The van der Waals surface area contributed by atoms with Gasteiger partial charge < -0.3 is 10.1 Å². The lowest BCUT2D eigenvalue weighted by Gasteiger charge is -2.32. The van der Waals surface area contributed by atoms with Gasteiger partial charge in [-0.25, -0.2) is 0 Å². The van der Waals surface area contributed by atoms with Crippen molar-refractivity contribution >= 4 is 18.2 Å². The van der Waals surface area contributed by atoms with E-state index < -0.39 is 0 Å². The lowest BCUT2D eigenvalue weighted by Crippen LogP contribution is -2.43. The zero-order valence-corrected chi connectivity index (χ0v) is 16.7. The molecule has 142 valence electrons. The van der Waals surface area contributed by atoms with Gasteiger partial charge >= 0.3 is 0 Å². The van der Waals surface area contributed by atoms with Gasteiger partial charge in [0.05, 0.1) is 5.54 Å². The first-order chi connectivity index (χ1) is 12.7. The smallest absolute Gasteiger partial charge is 0.124 e. The van der Waals surface area contributed by atoms with Crippen LogP contribution in [0.3, 0.4) is 0 Å². The summed E-state index contributed by atoms with van der Waals surface area (Å²) in [5.41, 5.74) is 2.07. The molecule has 1 heterocycles. The quantitative estimate of drug-likeness (QED) is 0.692. The third-order valence-electron chi connectivity index (χ3n) is 4.88. The van der Waals surface area contributed by atoms with Crippen LogP contribution in [-0.4, -0.2) is 18.5 Å². The SMILES string of the molecule is C#CC(CCC)OCC1=N[C@H](c2ccccc2)[C@](C)(c2ccccc2)N1.Cl. The van der Waals surface area contributed by atoms with E-state index in [1.54, 1.807) is 0 Å². The summed E-state index contributed by atoms with van der Waals surface area (Å²) in [5.74, 6) is 3.57. The molecule has 1 unspecified atom stereocenters. The Hall–Kier alpha value is -2.28. The molecular formula is C23H27ClN2O. The minimum atomic E-state index is -0.322. The minimum Gasteiger partial charge on any atom is -0.360 e. The molecule has 0 amide bonds. The highest BCUT2D eigenvalue weighted by molar-refractivity contribution is 5.87. The second-order valence-electron chi connectivity index (χ2n) is 6.84. The van der Waals surface area contributed by atoms with E-state index in [0.29, 0.717) is 6.61 Å². The van der Waals surface area contributed by atoms with Gasteiger partial charge in [0.25, 0.3) is 0 Å². The summed E-state index contributed by atoms with van der Waals surface area (Å²) >= 11 is 0. The Bertz CT molecular complexity index is 785. The van der Waals surface area contributed by atoms with Gasteiger partial charge in [-0.05, 0) is 24.5 Å². The summed E-state index contributed by atoms with van der Waals surface area (Å²) in [4.78, 5) is 4.97. The van der Waals surface area contributed by atoms with Crippen LogP contribution >= 0.6 is 12.4 Å². The molecule has 1 aliphatic rings. The number of rotatable bonds is 7. The van der Waals surface area contributed by atoms with Gasteiger partial charge in [0.2, 0.25) is 0 Å². The average molecular weight is 383 g/mol. The molecule has 0 aromatic heterocycles. The first-order valence-electron chi connectivity index (χ1n) is 9.20. The third-order valence-corrected chi connectivity index (χ3v) is 4.88. The van der Waals surface area contributed by atoms with Crippen molar-refractivity contribution in [3.63, 3.8) is 0 Å². The Morgan fingerprint density at radius 3 is 2.37 bits per heavy atom. The molecule has 0 fully saturated rings. The molecule has 27 heavy (non-hydrogen) atoms. The van der Waals surface area contributed by atoms with Crippen molar-refractivity contribution in [3.8, 4) is 12.3 Å². The van der Waals surface area contributed by atoms with Crippen LogP contribution in [0, 0.1) is 12.3 Å². The molecule has 2 aromatic rings. The van der Waals surface area contributed by atoms with E-state index in [4.69, 9.17) is 16.2 Å². The molecule has 0 radical (unpaired) electrons. The van der Waals surface area contributed by atoms with Crippen LogP contribution in [0.15, 0.2) is 65.7 Å². The molecule has 3 atom stereocenters. The second-order valence-corrected chi connectivity index (χ2v) is 6.84. The van der Waals surface area contributed by atoms with Crippen molar-refractivity contribution in [3.05, 3.63) is 71.8 Å². The van der Waals surface area contributed by atoms with E-state index in [9.17, 15) is 0 Å². The Morgan fingerprint density at radius 2 is 1.78 bits per heavy atom. The maximum atomic E-state index is 5.90. The number of halogens is 1. The van der Waals surface area contributed by atoms with E-state index in [1.807, 2.05) is 12.1 Å². The number of nitrogens with zero attached hydrogens (tertiary/aromatic N) is 1. The summed E-state index contributed by atoms with van der Waals surface area (Å²) in [6.07, 6.45) is 7.27. The number of terminal acetylenes is 1. The monoisotopic (exact) mass is 382 g/mol. The largest absolute Gasteiger partial charge is 0.360 e. The molecule has 1 N–H and O–H groups in total. The molecular weight excluding hydrogens is 356 g/mol. The number of hydrogen-bond acceptors (Lipinski definition) is 3. The van der Waals surface area contributed by atoms with Crippen LogP contribution < -0.4 is 5.32 Å². The van der Waals surface area contributed by atoms with Gasteiger partial charge in [0.15, 0.2) is 0 Å². The number of aliphatic imine (C=N–C) groups is 1. The molecule has 0 saturated carbocycles. The van der Waals surface area contributed by atoms with Crippen LogP contribution in [0.2, 0.25) is 0 Å². The van der Waals surface area contributed by atoms with Crippen molar-refractivity contribution in [2.24, 2.45) is 4.99 Å². The number of ether oxygens (including phenoxy) is 1. The van der Waals surface area contributed by atoms with E-state index in [2.05, 4.69) is 73.6 Å². The first kappa shape index (κ1) is 21.0. The zero-order chi connectivity index (χ0) is 18.4. The molecule has 3 nitrogen and oxygen atoms in total. The average Bonchev–Trinajstić information content (AvgIpc) is 3.04. The highest BCUT2D eigenvalue weighted by Crippen LogP contribution is 2.41. The van der Waals surface area contributed by atoms with Crippen LogP contribution in [0.25, 0.3) is 0 Å². The lowest BCUT2D eigenvalue weighted by molar-refractivity contribution is 0.115. The Kier molecular flexibility index (Phi) is 7.47. The van der Waals surface area contributed by atoms with E-state index in [1.165, 1.54) is 11.1 Å². The van der Waals surface area contributed by atoms with E-state index >= 15 is 0 Å². The summed E-state index contributed by atoms with van der Waals surface area (Å²) < 4.78 is 5.90. The molecule has 4 heteroatoms. The van der Waals surface area contributed by atoms with Gasteiger partial charge in [-0.15, -0.1) is 18.8 Å². The number of amidine groups is 1. The van der Waals surface area contributed by atoms with E-state index in [-0.39, 0.29) is 30.1 Å². The number of benzene rings is 2. The normalized spacial score (nSPS) is 22.1. The van der Waals surface area contributed by atoms with Crippen LogP contribution in [0.5, 0.6) is 0 Å². The second kappa shape index (κ2) is 9.60. The lowest BCUT2D eigenvalue weighted by atomic mass is 9.82. The minimum absolute atomic E-state index is 0. The van der Waals surface area contributed by atoms with E-state index in [0.717, 1.165) is 18.7 Å². The summed E-state index contributed by atoms with van der Waals surface area (Å²) in [7, 11) is 0. The van der Waals surface area contributed by atoms with Gasteiger partial charge in [-0.1, -0.05) is 79.9 Å². The predicted molar refractivity (Wildman–Crippen MR) is 114 cm³/mol. The molecule has 0 bridgehead atoms. The molecule has 1 aliphatic heterocycles. The van der Waals surface area contributed by atoms with Crippen molar-refractivity contribution in [1.82, 2.24) is 5.32 Å². The fraction of sp³-hybridized carbons (Fsp3) is 0.348. The molecule has 0 aliphatic carbocycles. The topological polar surface area (TPSA) is 33.6 Å². The Morgan fingerprint density at radius 1 is 1.15 bits per heavy atom. The van der Waals surface area contributed by atoms with Crippen LogP contribution in [0.1, 0.15) is 43.9 Å². The Labute approximate surface area is 168 Å². The third kappa shape index (κ3) is 4.71. The summed E-state index contributed by atoms with van der Waals surface area (Å²) in [5, 5.41) is 3.61. The van der Waals surface area contributed by atoms with Crippen molar-refractivity contribution in [2.75, 3.05) is 6.61 Å². The van der Waals surface area contributed by atoms with Crippen molar-refractivity contribution in [1.29, 1.82) is 0 Å². The fourth-order valence-corrected chi connectivity index (χ4v) is 3.47. The number of hydrogen-bond donors (Lipinski definition) is 1. The fourth-order valence-electron chi connectivity index (χ4n) is 3.47. The van der Waals surface area contributed by atoms with Crippen molar-refractivity contribution < 1.29 is 4.74 Å². The predicted octanol–water partition coefficient (Wildman–Crippen LogP) is 4.89. The maximum Gasteiger partial charge on any atom is 0.124 e. The molecule has 0 saturated heterocycles. The highest BCUT2D eigenvalue weighted by atomic mass is 35.5. The summed E-state index contributed by atoms with van der Waals surface area (Å²) in [6, 6.07) is 20.8. The van der Waals surface area contributed by atoms with Gasteiger partial charge in [-0.2, -0.15) is 0 Å². The first-order valence-corrected chi connectivity index (χ1v) is 9.20. The molecule has 2 aromatic carbocycles. The van der Waals surface area contributed by atoms with Crippen LogP contribution in [0.4, 0.5) is 0 Å². The Balaban J connectivity index is 0.00000261. The molecule has 3 rings (SSSR count). The number of nitrogens with one attached hydrogen (secondary N) is 1. The van der Waals surface area contributed by atoms with Gasteiger partial charge in [0.1, 0.15) is 24.6 Å². The molecule has 0 spiro atoms.